The SMILES string of the molecule is CCC(=O)c1c(N)c(C(N)=O)nn1-c1ccc(C)cc1F. The molecule has 0 bridgehead atoms. The van der Waals surface area contributed by atoms with E-state index in [0.717, 1.165) is 10.2 Å². The molecule has 4 N–H and O–H groups in total. The molecule has 0 aliphatic rings. The predicted molar refractivity (Wildman–Crippen MR) is 75.8 cm³/mol. The van der Waals surface area contributed by atoms with Crippen LogP contribution in [0.4, 0.5) is 10.1 Å². The number of benzene rings is 1. The molecule has 0 spiro atoms. The standard InChI is InChI=1S/C14H15FN4O2/c1-3-10(20)13-11(16)12(14(17)21)18-19(13)9-5-4-7(2)6-8(9)15/h4-6H,3,16H2,1-2H3,(H2,17,21). The first-order chi connectivity index (χ1) is 9.86. The third kappa shape index (κ3) is 2.49. The molecular weight excluding hydrogens is 275 g/mol. The molecule has 2 rings (SSSR count). The number of aromatic nitrogens is 2. The number of nitrogen functional groups attached to an aromatic ring is 1. The summed E-state index contributed by atoms with van der Waals surface area (Å²) in [5.74, 6) is -1.80. The van der Waals surface area contributed by atoms with E-state index in [-0.39, 0.29) is 35.0 Å². The van der Waals surface area contributed by atoms with Crippen molar-refractivity contribution >= 4 is 17.4 Å². The van der Waals surface area contributed by atoms with Gasteiger partial charge in [0.15, 0.2) is 11.5 Å². The van der Waals surface area contributed by atoms with E-state index in [4.69, 9.17) is 11.5 Å². The quantitative estimate of drug-likeness (QED) is 0.834. The van der Waals surface area contributed by atoms with Crippen molar-refractivity contribution in [3.05, 3.63) is 41.0 Å². The van der Waals surface area contributed by atoms with Gasteiger partial charge in [0.1, 0.15) is 17.2 Å². The maximum atomic E-state index is 14.1. The third-order valence-electron chi connectivity index (χ3n) is 3.07. The number of aryl methyl sites for hydroxylation is 1. The van der Waals surface area contributed by atoms with Crippen molar-refractivity contribution in [2.75, 3.05) is 5.73 Å². The van der Waals surface area contributed by atoms with Crippen molar-refractivity contribution in [1.29, 1.82) is 0 Å². The Balaban J connectivity index is 2.75. The number of hydrogen-bond acceptors (Lipinski definition) is 4. The van der Waals surface area contributed by atoms with Gasteiger partial charge in [-0.3, -0.25) is 9.59 Å². The molecule has 0 aliphatic carbocycles. The van der Waals surface area contributed by atoms with Crippen LogP contribution in [0.5, 0.6) is 0 Å². The normalized spacial score (nSPS) is 10.6. The fraction of sp³-hybridized carbons (Fsp3) is 0.214. The maximum Gasteiger partial charge on any atom is 0.271 e. The van der Waals surface area contributed by atoms with Crippen LogP contribution in [0.1, 0.15) is 39.9 Å². The number of primary amides is 1. The van der Waals surface area contributed by atoms with Crippen LogP contribution in [0, 0.1) is 12.7 Å². The summed E-state index contributed by atoms with van der Waals surface area (Å²) in [5.41, 5.74) is 11.3. The highest BCUT2D eigenvalue weighted by molar-refractivity contribution is 6.06. The van der Waals surface area contributed by atoms with Crippen LogP contribution in [-0.4, -0.2) is 21.5 Å². The largest absolute Gasteiger partial charge is 0.395 e. The van der Waals surface area contributed by atoms with Crippen LogP contribution >= 0.6 is 0 Å². The molecule has 0 atom stereocenters. The highest BCUT2D eigenvalue weighted by Crippen LogP contribution is 2.24. The van der Waals surface area contributed by atoms with E-state index in [2.05, 4.69) is 5.10 Å². The van der Waals surface area contributed by atoms with Crippen LogP contribution in [0.2, 0.25) is 0 Å². The number of amides is 1. The number of Topliss-reactive ketones (excluding diaryl/α,β-unsaturated/α-hetero) is 1. The van der Waals surface area contributed by atoms with Crippen LogP contribution in [0.25, 0.3) is 5.69 Å². The molecule has 0 unspecified atom stereocenters. The van der Waals surface area contributed by atoms with E-state index in [9.17, 15) is 14.0 Å². The molecular formula is C14H15FN4O2. The number of carbonyl (C=O) groups is 2. The summed E-state index contributed by atoms with van der Waals surface area (Å²) in [6.07, 6.45) is 0.140. The van der Waals surface area contributed by atoms with Gasteiger partial charge in [0.2, 0.25) is 0 Å². The predicted octanol–water partition coefficient (Wildman–Crippen LogP) is 1.59. The van der Waals surface area contributed by atoms with E-state index in [1.165, 1.54) is 12.1 Å². The zero-order chi connectivity index (χ0) is 15.7. The summed E-state index contributed by atoms with van der Waals surface area (Å²) in [7, 11) is 0. The summed E-state index contributed by atoms with van der Waals surface area (Å²) in [4.78, 5) is 23.4. The zero-order valence-corrected chi connectivity index (χ0v) is 11.7. The first-order valence-corrected chi connectivity index (χ1v) is 6.34. The Bertz CT molecular complexity index is 737. The van der Waals surface area contributed by atoms with Gasteiger partial charge in [0.25, 0.3) is 5.91 Å². The smallest absolute Gasteiger partial charge is 0.271 e. The second kappa shape index (κ2) is 5.35. The first-order valence-electron chi connectivity index (χ1n) is 6.34. The van der Waals surface area contributed by atoms with Crippen molar-refractivity contribution in [2.24, 2.45) is 5.73 Å². The topological polar surface area (TPSA) is 104 Å². The summed E-state index contributed by atoms with van der Waals surface area (Å²) in [6.45, 7) is 3.37. The van der Waals surface area contributed by atoms with E-state index in [1.54, 1.807) is 19.9 Å². The number of halogens is 1. The van der Waals surface area contributed by atoms with Crippen molar-refractivity contribution in [1.82, 2.24) is 9.78 Å². The molecule has 1 aromatic carbocycles. The lowest BCUT2D eigenvalue weighted by Gasteiger charge is -2.08. The number of nitrogens with zero attached hydrogens (tertiary/aromatic N) is 2. The van der Waals surface area contributed by atoms with Crippen molar-refractivity contribution in [3.8, 4) is 5.69 Å². The average molecular weight is 290 g/mol. The molecule has 6 nitrogen and oxygen atoms in total. The van der Waals surface area contributed by atoms with Gasteiger partial charge < -0.3 is 11.5 Å². The average Bonchev–Trinajstić information content (AvgIpc) is 2.75. The van der Waals surface area contributed by atoms with Gasteiger partial charge in [-0.25, -0.2) is 9.07 Å². The first kappa shape index (κ1) is 14.7. The Morgan fingerprint density at radius 2 is 2.05 bits per heavy atom. The lowest BCUT2D eigenvalue weighted by Crippen LogP contribution is -2.14. The van der Waals surface area contributed by atoms with Crippen LogP contribution < -0.4 is 11.5 Å². The van der Waals surface area contributed by atoms with Gasteiger partial charge in [0, 0.05) is 6.42 Å². The molecule has 2 aromatic rings. The molecule has 7 heteroatoms. The molecule has 0 saturated carbocycles. The fourth-order valence-electron chi connectivity index (χ4n) is 2.01. The van der Waals surface area contributed by atoms with E-state index < -0.39 is 11.7 Å². The zero-order valence-electron chi connectivity index (χ0n) is 11.7. The molecule has 21 heavy (non-hydrogen) atoms. The lowest BCUT2D eigenvalue weighted by atomic mass is 10.1. The summed E-state index contributed by atoms with van der Waals surface area (Å²) in [5, 5.41) is 3.90. The number of carbonyl (C=O) groups excluding carboxylic acids is 2. The van der Waals surface area contributed by atoms with Gasteiger partial charge in [-0.2, -0.15) is 5.10 Å². The lowest BCUT2D eigenvalue weighted by molar-refractivity contribution is 0.0978. The van der Waals surface area contributed by atoms with Crippen molar-refractivity contribution in [3.63, 3.8) is 0 Å². The minimum atomic E-state index is -0.871. The molecule has 0 aliphatic heterocycles. The Morgan fingerprint density at radius 1 is 1.38 bits per heavy atom. The Morgan fingerprint density at radius 3 is 2.57 bits per heavy atom. The molecule has 0 radical (unpaired) electrons. The number of hydrogen-bond donors (Lipinski definition) is 2. The molecule has 1 aromatic heterocycles. The van der Waals surface area contributed by atoms with Crippen LogP contribution in [-0.2, 0) is 0 Å². The highest BCUT2D eigenvalue weighted by atomic mass is 19.1. The third-order valence-corrected chi connectivity index (χ3v) is 3.07. The molecule has 1 amide bonds. The molecule has 1 heterocycles. The Kier molecular flexibility index (Phi) is 3.75. The maximum absolute atomic E-state index is 14.1. The Hall–Kier alpha value is -2.70. The summed E-state index contributed by atoms with van der Waals surface area (Å²) < 4.78 is 15.1. The molecule has 0 saturated heterocycles. The van der Waals surface area contributed by atoms with E-state index in [1.807, 2.05) is 0 Å². The highest BCUT2D eigenvalue weighted by Gasteiger charge is 2.25. The number of rotatable bonds is 4. The van der Waals surface area contributed by atoms with E-state index in [0.29, 0.717) is 0 Å². The summed E-state index contributed by atoms with van der Waals surface area (Å²) >= 11 is 0. The number of ketones is 1. The second-order valence-corrected chi connectivity index (χ2v) is 4.62. The number of nitrogens with two attached hydrogens (primary N) is 2. The fourth-order valence-corrected chi connectivity index (χ4v) is 2.01. The minimum absolute atomic E-state index is 0.0333. The second-order valence-electron chi connectivity index (χ2n) is 4.62. The van der Waals surface area contributed by atoms with E-state index >= 15 is 0 Å². The van der Waals surface area contributed by atoms with Gasteiger partial charge >= 0.3 is 0 Å². The molecule has 0 fully saturated rings. The van der Waals surface area contributed by atoms with Crippen LogP contribution in [0.15, 0.2) is 18.2 Å². The van der Waals surface area contributed by atoms with Crippen molar-refractivity contribution < 1.29 is 14.0 Å². The van der Waals surface area contributed by atoms with Crippen LogP contribution in [0.3, 0.4) is 0 Å². The number of anilines is 1. The van der Waals surface area contributed by atoms with Crippen molar-refractivity contribution in [2.45, 2.75) is 20.3 Å². The van der Waals surface area contributed by atoms with Gasteiger partial charge in [-0.05, 0) is 24.6 Å². The molecule has 110 valence electrons. The van der Waals surface area contributed by atoms with Gasteiger partial charge in [-0.15, -0.1) is 0 Å². The monoisotopic (exact) mass is 290 g/mol. The Labute approximate surface area is 120 Å². The minimum Gasteiger partial charge on any atom is -0.395 e. The van der Waals surface area contributed by atoms with Gasteiger partial charge in [0.05, 0.1) is 5.69 Å². The van der Waals surface area contributed by atoms with Gasteiger partial charge in [-0.1, -0.05) is 13.0 Å². The summed E-state index contributed by atoms with van der Waals surface area (Å²) in [6, 6.07) is 4.44.